The Morgan fingerprint density at radius 1 is 1.17 bits per heavy atom. The van der Waals surface area contributed by atoms with Crippen LogP contribution in [0, 0.1) is 0 Å². The van der Waals surface area contributed by atoms with E-state index in [0.717, 1.165) is 12.0 Å². The van der Waals surface area contributed by atoms with E-state index in [0.29, 0.717) is 0 Å². The molecule has 0 saturated carbocycles. The number of hydrogen-bond acceptors (Lipinski definition) is 2. The van der Waals surface area contributed by atoms with Gasteiger partial charge in [-0.15, -0.1) is 0 Å². The van der Waals surface area contributed by atoms with E-state index in [2.05, 4.69) is 65.1 Å². The third kappa shape index (κ3) is 3.48. The number of amides is 2. The first-order valence-corrected chi connectivity index (χ1v) is 7.61. The van der Waals surface area contributed by atoms with E-state index in [4.69, 9.17) is 5.73 Å². The van der Waals surface area contributed by atoms with Crippen molar-refractivity contribution in [2.24, 2.45) is 10.8 Å². The van der Waals surface area contributed by atoms with Gasteiger partial charge in [0.2, 0.25) is 0 Å². The van der Waals surface area contributed by atoms with Crippen LogP contribution in [0.3, 0.4) is 0 Å². The predicted octanol–water partition coefficient (Wildman–Crippen LogP) is 3.52. The van der Waals surface area contributed by atoms with Crippen LogP contribution < -0.4 is 11.2 Å². The molecule has 0 aliphatic heterocycles. The zero-order valence-electron chi connectivity index (χ0n) is 13.0. The van der Waals surface area contributed by atoms with Crippen molar-refractivity contribution < 1.29 is 4.79 Å². The molecule has 3 N–H and O–H groups in total. The van der Waals surface area contributed by atoms with Crippen LogP contribution in [0.5, 0.6) is 0 Å². The molecule has 1 aliphatic carbocycles. The fourth-order valence-electron chi connectivity index (χ4n) is 2.75. The van der Waals surface area contributed by atoms with Crippen LogP contribution in [-0.4, -0.2) is 12.2 Å². The monoisotopic (exact) mass is 305 g/mol. The normalized spacial score (nSPS) is 14.0. The predicted molar refractivity (Wildman–Crippen MR) is 94.2 cm³/mol. The molecule has 2 amide bonds. The van der Waals surface area contributed by atoms with Crippen molar-refractivity contribution in [3.8, 4) is 0 Å². The van der Waals surface area contributed by atoms with Crippen LogP contribution in [0.4, 0.5) is 4.79 Å². The minimum Gasteiger partial charge on any atom is -0.350 e. The van der Waals surface area contributed by atoms with Gasteiger partial charge in [0, 0.05) is 12.1 Å². The molecular formula is C19H19N3O. The van der Waals surface area contributed by atoms with Crippen molar-refractivity contribution in [3.63, 3.8) is 0 Å². The fourth-order valence-corrected chi connectivity index (χ4v) is 2.75. The van der Waals surface area contributed by atoms with Crippen molar-refractivity contribution in [1.29, 1.82) is 0 Å². The number of rotatable bonds is 3. The molecule has 1 atom stereocenters. The Morgan fingerprint density at radius 3 is 2.74 bits per heavy atom. The highest BCUT2D eigenvalue weighted by Gasteiger charge is 2.11. The molecule has 4 heteroatoms. The van der Waals surface area contributed by atoms with Gasteiger partial charge in [-0.3, -0.25) is 0 Å². The minimum absolute atomic E-state index is 0.0891. The topological polar surface area (TPSA) is 67.5 Å². The quantitative estimate of drug-likeness (QED) is 0.564. The molecule has 0 spiro atoms. The summed E-state index contributed by atoms with van der Waals surface area (Å²) in [6.07, 6.45) is 6.95. The molecule has 1 aliphatic rings. The van der Waals surface area contributed by atoms with Crippen LogP contribution >= 0.6 is 0 Å². The molecule has 1 unspecified atom stereocenters. The molecular weight excluding hydrogens is 286 g/mol. The van der Waals surface area contributed by atoms with Crippen molar-refractivity contribution in [2.75, 3.05) is 0 Å². The maximum Gasteiger partial charge on any atom is 0.332 e. The molecule has 0 saturated heterocycles. The van der Waals surface area contributed by atoms with Crippen LogP contribution in [-0.2, 0) is 6.42 Å². The summed E-state index contributed by atoms with van der Waals surface area (Å²) in [6.45, 7) is 2.03. The lowest BCUT2D eigenvalue weighted by molar-refractivity contribution is 0.249. The van der Waals surface area contributed by atoms with Crippen molar-refractivity contribution >= 4 is 24.4 Å². The summed E-state index contributed by atoms with van der Waals surface area (Å²) in [6, 6.07) is 14.3. The molecule has 0 bridgehead atoms. The number of benzene rings is 2. The molecule has 23 heavy (non-hydrogen) atoms. The standard InChI is InChI=1S/C19H19N3O/c1-13(12-21-22-19(20)23)15-7-9-18-11-16-5-3-2-4-14(16)6-8-17(18)10-15/h2-10,12-13H,11H2,1H3,(H3,20,22,23). The maximum absolute atomic E-state index is 10.6. The van der Waals surface area contributed by atoms with E-state index in [1.165, 1.54) is 22.3 Å². The summed E-state index contributed by atoms with van der Waals surface area (Å²) in [5.74, 6) is 0.0891. The first kappa shape index (κ1) is 15.0. The van der Waals surface area contributed by atoms with E-state index in [1.54, 1.807) is 6.21 Å². The van der Waals surface area contributed by atoms with E-state index in [1.807, 2.05) is 6.92 Å². The highest BCUT2D eigenvalue weighted by Crippen LogP contribution is 2.27. The summed E-state index contributed by atoms with van der Waals surface area (Å²) in [7, 11) is 0. The molecule has 0 aromatic heterocycles. The summed E-state index contributed by atoms with van der Waals surface area (Å²) >= 11 is 0. The van der Waals surface area contributed by atoms with Gasteiger partial charge in [-0.2, -0.15) is 5.10 Å². The van der Waals surface area contributed by atoms with E-state index >= 15 is 0 Å². The van der Waals surface area contributed by atoms with Gasteiger partial charge in [0.25, 0.3) is 0 Å². The lowest BCUT2D eigenvalue weighted by Gasteiger charge is -2.11. The lowest BCUT2D eigenvalue weighted by Crippen LogP contribution is -2.24. The van der Waals surface area contributed by atoms with E-state index in [-0.39, 0.29) is 5.92 Å². The average Bonchev–Trinajstić information content (AvgIpc) is 2.72. The third-order valence-corrected chi connectivity index (χ3v) is 4.05. The molecule has 0 fully saturated rings. The Balaban J connectivity index is 1.85. The fraction of sp³-hybridized carbons (Fsp3) is 0.158. The SMILES string of the molecule is CC(C=NNC(N)=O)c1ccc2c(c1)C=Cc1ccccc1C2. The number of urea groups is 1. The van der Waals surface area contributed by atoms with Gasteiger partial charge < -0.3 is 5.73 Å². The minimum atomic E-state index is -0.656. The summed E-state index contributed by atoms with van der Waals surface area (Å²) in [5, 5.41) is 3.84. The number of nitrogens with two attached hydrogens (primary N) is 1. The van der Waals surface area contributed by atoms with Crippen LogP contribution in [0.25, 0.3) is 12.2 Å². The Hall–Kier alpha value is -2.88. The first-order valence-electron chi connectivity index (χ1n) is 7.61. The number of primary amides is 1. The third-order valence-electron chi connectivity index (χ3n) is 4.05. The average molecular weight is 305 g/mol. The number of hydrazone groups is 1. The lowest BCUT2D eigenvalue weighted by atomic mass is 9.94. The molecule has 4 nitrogen and oxygen atoms in total. The van der Waals surface area contributed by atoms with Crippen LogP contribution in [0.15, 0.2) is 47.6 Å². The zero-order chi connectivity index (χ0) is 16.2. The Labute approximate surface area is 135 Å². The van der Waals surface area contributed by atoms with Gasteiger partial charge in [0.15, 0.2) is 0 Å². The first-order chi connectivity index (χ1) is 11.1. The number of nitrogens with zero attached hydrogens (tertiary/aromatic N) is 1. The number of carbonyl (C=O) groups is 1. The number of fused-ring (bicyclic) bond motifs is 2. The largest absolute Gasteiger partial charge is 0.350 e. The molecule has 3 rings (SSSR count). The van der Waals surface area contributed by atoms with E-state index in [9.17, 15) is 4.79 Å². The van der Waals surface area contributed by atoms with Crippen molar-refractivity contribution in [3.05, 3.63) is 70.3 Å². The summed E-state index contributed by atoms with van der Waals surface area (Å²) in [4.78, 5) is 10.6. The number of hydrogen-bond donors (Lipinski definition) is 2. The van der Waals surface area contributed by atoms with Crippen molar-refractivity contribution in [1.82, 2.24) is 5.43 Å². The van der Waals surface area contributed by atoms with Gasteiger partial charge in [-0.1, -0.05) is 61.5 Å². The Bertz CT molecular complexity index is 793. The van der Waals surface area contributed by atoms with Gasteiger partial charge in [-0.25, -0.2) is 10.2 Å². The Morgan fingerprint density at radius 2 is 1.91 bits per heavy atom. The molecule has 2 aromatic carbocycles. The number of carbonyl (C=O) groups excluding carboxylic acids is 1. The van der Waals surface area contributed by atoms with Gasteiger partial charge in [-0.05, 0) is 34.2 Å². The van der Waals surface area contributed by atoms with Gasteiger partial charge in [0.1, 0.15) is 0 Å². The second-order valence-corrected chi connectivity index (χ2v) is 5.71. The molecule has 2 aromatic rings. The van der Waals surface area contributed by atoms with Crippen LogP contribution in [0.2, 0.25) is 0 Å². The highest BCUT2D eigenvalue weighted by atomic mass is 16.2. The molecule has 0 heterocycles. The van der Waals surface area contributed by atoms with Crippen molar-refractivity contribution in [2.45, 2.75) is 19.3 Å². The smallest absolute Gasteiger partial charge is 0.332 e. The maximum atomic E-state index is 10.6. The second-order valence-electron chi connectivity index (χ2n) is 5.71. The molecule has 0 radical (unpaired) electrons. The summed E-state index contributed by atoms with van der Waals surface area (Å²) < 4.78 is 0. The van der Waals surface area contributed by atoms with Gasteiger partial charge in [0.05, 0.1) is 0 Å². The van der Waals surface area contributed by atoms with Gasteiger partial charge >= 0.3 is 6.03 Å². The number of nitrogens with one attached hydrogen (secondary N) is 1. The Kier molecular flexibility index (Phi) is 4.24. The highest BCUT2D eigenvalue weighted by molar-refractivity contribution is 5.77. The second kappa shape index (κ2) is 6.48. The molecule has 116 valence electrons. The van der Waals surface area contributed by atoms with Crippen LogP contribution in [0.1, 0.15) is 40.7 Å². The zero-order valence-corrected chi connectivity index (χ0v) is 13.0. The van der Waals surface area contributed by atoms with E-state index < -0.39 is 6.03 Å². The summed E-state index contributed by atoms with van der Waals surface area (Å²) in [5.41, 5.74) is 13.5.